The van der Waals surface area contributed by atoms with Gasteiger partial charge in [-0.1, -0.05) is 6.07 Å². The number of amides is 1. The van der Waals surface area contributed by atoms with Gasteiger partial charge in [0, 0.05) is 38.3 Å². The van der Waals surface area contributed by atoms with Gasteiger partial charge in [-0.3, -0.25) is 9.69 Å². The molecule has 0 radical (unpaired) electrons. The van der Waals surface area contributed by atoms with Gasteiger partial charge in [-0.25, -0.2) is 9.59 Å². The lowest BCUT2D eigenvalue weighted by Gasteiger charge is -2.35. The van der Waals surface area contributed by atoms with Crippen molar-refractivity contribution in [1.82, 2.24) is 9.80 Å². The molecule has 0 atom stereocenters. The molecule has 0 spiro atoms. The normalized spacial score (nSPS) is 13.2. The van der Waals surface area contributed by atoms with Crippen LogP contribution in [-0.2, 0) is 16.1 Å². The molecule has 1 saturated heterocycles. The lowest BCUT2D eigenvalue weighted by atomic mass is 10.1. The van der Waals surface area contributed by atoms with Crippen LogP contribution in [0.4, 0.5) is 0 Å². The van der Waals surface area contributed by atoms with Crippen molar-refractivity contribution in [3.05, 3.63) is 47.5 Å². The number of carbonyl (C=O) groups is 3. The van der Waals surface area contributed by atoms with Gasteiger partial charge in [-0.05, 0) is 35.9 Å². The highest BCUT2D eigenvalue weighted by Crippen LogP contribution is 2.38. The molecule has 190 valence electrons. The first kappa shape index (κ1) is 27.3. The Morgan fingerprint density at radius 3 is 1.83 bits per heavy atom. The van der Waals surface area contributed by atoms with Gasteiger partial charge in [-0.2, -0.15) is 0 Å². The number of methoxy groups -OCH3 is 4. The van der Waals surface area contributed by atoms with E-state index in [9.17, 15) is 4.79 Å². The van der Waals surface area contributed by atoms with E-state index >= 15 is 0 Å². The van der Waals surface area contributed by atoms with Crippen molar-refractivity contribution < 1.29 is 43.5 Å². The van der Waals surface area contributed by atoms with Crippen molar-refractivity contribution in [3.8, 4) is 23.0 Å². The Labute approximate surface area is 203 Å². The zero-order chi connectivity index (χ0) is 26.0. The van der Waals surface area contributed by atoms with E-state index in [-0.39, 0.29) is 5.91 Å². The Hall–Kier alpha value is -3.99. The Morgan fingerprint density at radius 1 is 0.800 bits per heavy atom. The molecule has 1 aliphatic rings. The summed E-state index contributed by atoms with van der Waals surface area (Å²) in [5, 5.41) is 14.8. The van der Waals surface area contributed by atoms with Gasteiger partial charge >= 0.3 is 11.9 Å². The summed E-state index contributed by atoms with van der Waals surface area (Å²) >= 11 is 0. The Morgan fingerprint density at radius 2 is 1.37 bits per heavy atom. The first-order valence-corrected chi connectivity index (χ1v) is 10.6. The van der Waals surface area contributed by atoms with Gasteiger partial charge in [0.2, 0.25) is 5.75 Å². The number of benzene rings is 2. The van der Waals surface area contributed by atoms with E-state index in [1.165, 1.54) is 0 Å². The third-order valence-corrected chi connectivity index (χ3v) is 5.29. The third kappa shape index (κ3) is 7.51. The smallest absolute Gasteiger partial charge is 0.414 e. The van der Waals surface area contributed by atoms with Crippen LogP contribution >= 0.6 is 0 Å². The van der Waals surface area contributed by atoms with Gasteiger partial charge in [0.05, 0.1) is 28.4 Å². The lowest BCUT2D eigenvalue weighted by Crippen LogP contribution is -2.48. The van der Waals surface area contributed by atoms with E-state index in [0.717, 1.165) is 25.2 Å². The van der Waals surface area contributed by atoms with Gasteiger partial charge in [0.1, 0.15) is 5.75 Å². The molecule has 11 nitrogen and oxygen atoms in total. The van der Waals surface area contributed by atoms with Gasteiger partial charge < -0.3 is 34.1 Å². The number of aliphatic carboxylic acids is 2. The average Bonchev–Trinajstić information content (AvgIpc) is 2.88. The summed E-state index contributed by atoms with van der Waals surface area (Å²) < 4.78 is 21.5. The van der Waals surface area contributed by atoms with E-state index in [0.29, 0.717) is 41.7 Å². The summed E-state index contributed by atoms with van der Waals surface area (Å²) in [6, 6.07) is 11.2. The molecule has 0 aromatic heterocycles. The average molecular weight is 491 g/mol. The minimum Gasteiger partial charge on any atom is -0.497 e. The zero-order valence-corrected chi connectivity index (χ0v) is 20.1. The SMILES string of the molecule is COc1cccc(C(=O)N2CCN(Cc3cc(OC)c(OC)c(OC)c3)CC2)c1.O=C(O)C(=O)O. The molecule has 2 aromatic carbocycles. The molecule has 0 bridgehead atoms. The molecule has 2 aromatic rings. The minimum atomic E-state index is -1.82. The minimum absolute atomic E-state index is 0.0383. The van der Waals surface area contributed by atoms with E-state index in [2.05, 4.69) is 4.90 Å². The molecule has 1 amide bonds. The molecule has 0 unspecified atom stereocenters. The zero-order valence-electron chi connectivity index (χ0n) is 20.1. The number of hydrogen-bond acceptors (Lipinski definition) is 8. The summed E-state index contributed by atoms with van der Waals surface area (Å²) in [7, 11) is 6.43. The van der Waals surface area contributed by atoms with Crippen molar-refractivity contribution in [1.29, 1.82) is 0 Å². The number of piperazine rings is 1. The first-order valence-electron chi connectivity index (χ1n) is 10.6. The number of carboxylic acid groups (broad SMARTS) is 2. The number of nitrogens with zero attached hydrogens (tertiary/aromatic N) is 2. The second-order valence-electron chi connectivity index (χ2n) is 7.44. The summed E-state index contributed by atoms with van der Waals surface area (Å²) in [6.07, 6.45) is 0. The monoisotopic (exact) mass is 490 g/mol. The van der Waals surface area contributed by atoms with Crippen LogP contribution in [0.5, 0.6) is 23.0 Å². The molecule has 1 fully saturated rings. The second kappa shape index (κ2) is 13.0. The molecular formula is C24H30N2O9. The highest BCUT2D eigenvalue weighted by molar-refractivity contribution is 6.27. The number of rotatable bonds is 7. The summed E-state index contributed by atoms with van der Waals surface area (Å²) in [5.41, 5.74) is 1.73. The standard InChI is InChI=1S/C22H28N2O5.C2H2O4/c1-26-18-7-5-6-17(14-18)22(25)24-10-8-23(9-11-24)15-16-12-19(27-2)21(29-4)20(13-16)28-3;3-1(4)2(5)6/h5-7,12-14H,8-11,15H2,1-4H3;(H,3,4)(H,5,6). The Bertz CT molecular complexity index is 996. The molecule has 0 aliphatic carbocycles. The second-order valence-corrected chi connectivity index (χ2v) is 7.44. The fraction of sp³-hybridized carbons (Fsp3) is 0.375. The van der Waals surface area contributed by atoms with E-state index in [1.807, 2.05) is 35.2 Å². The molecule has 11 heteroatoms. The highest BCUT2D eigenvalue weighted by Gasteiger charge is 2.23. The number of ether oxygens (including phenoxy) is 4. The van der Waals surface area contributed by atoms with E-state index < -0.39 is 11.9 Å². The van der Waals surface area contributed by atoms with Crippen LogP contribution in [-0.4, -0.2) is 92.5 Å². The molecule has 35 heavy (non-hydrogen) atoms. The lowest BCUT2D eigenvalue weighted by molar-refractivity contribution is -0.159. The van der Waals surface area contributed by atoms with E-state index in [4.69, 9.17) is 38.7 Å². The number of carboxylic acids is 2. The van der Waals surface area contributed by atoms with Crippen LogP contribution in [0.15, 0.2) is 36.4 Å². The predicted octanol–water partition coefficient (Wildman–Crippen LogP) is 1.83. The van der Waals surface area contributed by atoms with Crippen molar-refractivity contribution in [2.75, 3.05) is 54.6 Å². The first-order chi connectivity index (χ1) is 16.7. The molecule has 1 heterocycles. The van der Waals surface area contributed by atoms with Crippen LogP contribution in [0.25, 0.3) is 0 Å². The van der Waals surface area contributed by atoms with Gasteiger partial charge in [-0.15, -0.1) is 0 Å². The fourth-order valence-corrected chi connectivity index (χ4v) is 3.53. The van der Waals surface area contributed by atoms with Crippen LogP contribution in [0.1, 0.15) is 15.9 Å². The molecular weight excluding hydrogens is 460 g/mol. The topological polar surface area (TPSA) is 135 Å². The van der Waals surface area contributed by atoms with Crippen LogP contribution in [0.3, 0.4) is 0 Å². The number of hydrogen-bond donors (Lipinski definition) is 2. The largest absolute Gasteiger partial charge is 0.497 e. The summed E-state index contributed by atoms with van der Waals surface area (Å²) in [4.78, 5) is 35.2. The Kier molecular flexibility index (Phi) is 10.2. The summed E-state index contributed by atoms with van der Waals surface area (Å²) in [6.45, 7) is 3.71. The molecule has 3 rings (SSSR count). The maximum Gasteiger partial charge on any atom is 0.414 e. The van der Waals surface area contributed by atoms with Crippen LogP contribution in [0, 0.1) is 0 Å². The molecule has 0 saturated carbocycles. The Balaban J connectivity index is 0.000000641. The van der Waals surface area contributed by atoms with Gasteiger partial charge in [0.15, 0.2) is 11.5 Å². The molecule has 1 aliphatic heterocycles. The third-order valence-electron chi connectivity index (χ3n) is 5.29. The van der Waals surface area contributed by atoms with Crippen molar-refractivity contribution >= 4 is 17.8 Å². The quantitative estimate of drug-likeness (QED) is 0.554. The van der Waals surface area contributed by atoms with Crippen LogP contribution < -0.4 is 18.9 Å². The molecule has 2 N–H and O–H groups in total. The van der Waals surface area contributed by atoms with Crippen molar-refractivity contribution in [3.63, 3.8) is 0 Å². The van der Waals surface area contributed by atoms with Crippen LogP contribution in [0.2, 0.25) is 0 Å². The number of carbonyl (C=O) groups excluding carboxylic acids is 1. The fourth-order valence-electron chi connectivity index (χ4n) is 3.53. The van der Waals surface area contributed by atoms with Crippen molar-refractivity contribution in [2.24, 2.45) is 0 Å². The summed E-state index contributed by atoms with van der Waals surface area (Å²) in [5.74, 6) is -1.03. The van der Waals surface area contributed by atoms with Crippen molar-refractivity contribution in [2.45, 2.75) is 6.54 Å². The van der Waals surface area contributed by atoms with E-state index in [1.54, 1.807) is 34.5 Å². The highest BCUT2D eigenvalue weighted by atomic mass is 16.5. The van der Waals surface area contributed by atoms with Gasteiger partial charge in [0.25, 0.3) is 5.91 Å². The maximum atomic E-state index is 12.8. The maximum absolute atomic E-state index is 12.8. The predicted molar refractivity (Wildman–Crippen MR) is 126 cm³/mol.